The second-order valence-electron chi connectivity index (χ2n) is 10.0. The molecule has 3 aromatic heterocycles. The smallest absolute Gasteiger partial charge is 0.260 e. The lowest BCUT2D eigenvalue weighted by atomic mass is 10.0. The molecule has 1 aliphatic rings. The van der Waals surface area contributed by atoms with E-state index in [0.717, 1.165) is 53.9 Å². The third kappa shape index (κ3) is 5.00. The molecule has 1 saturated heterocycles. The molecule has 39 heavy (non-hydrogen) atoms. The van der Waals surface area contributed by atoms with Gasteiger partial charge in [0.15, 0.2) is 0 Å². The molecule has 0 bridgehead atoms. The zero-order chi connectivity index (χ0) is 26.9. The number of piperazine rings is 1. The summed E-state index contributed by atoms with van der Waals surface area (Å²) in [6.07, 6.45) is 5.59. The van der Waals surface area contributed by atoms with Crippen molar-refractivity contribution in [3.05, 3.63) is 83.5 Å². The zero-order valence-electron chi connectivity index (χ0n) is 22.5. The lowest BCUT2D eigenvalue weighted by molar-refractivity contribution is 0.313. The Kier molecular flexibility index (Phi) is 6.58. The highest BCUT2D eigenvalue weighted by atomic mass is 16.1. The Morgan fingerprint density at radius 2 is 1.59 bits per heavy atom. The van der Waals surface area contributed by atoms with Gasteiger partial charge in [0.25, 0.3) is 5.56 Å². The maximum atomic E-state index is 13.5. The van der Waals surface area contributed by atoms with Crippen LogP contribution in [0.3, 0.4) is 0 Å². The third-order valence-corrected chi connectivity index (χ3v) is 7.37. The number of anilines is 3. The zero-order valence-corrected chi connectivity index (χ0v) is 22.5. The van der Waals surface area contributed by atoms with E-state index in [0.29, 0.717) is 23.7 Å². The van der Waals surface area contributed by atoms with E-state index in [1.54, 1.807) is 15.4 Å². The van der Waals surface area contributed by atoms with Crippen LogP contribution in [0.2, 0.25) is 0 Å². The first-order valence-electron chi connectivity index (χ1n) is 13.3. The molecule has 0 radical (unpaired) electrons. The van der Waals surface area contributed by atoms with Gasteiger partial charge in [0.05, 0.1) is 6.20 Å². The Balaban J connectivity index is 1.26. The summed E-state index contributed by atoms with van der Waals surface area (Å²) >= 11 is 0. The number of likely N-dealkylation sites (N-methyl/N-ethyl adjacent to an activating group) is 1. The number of rotatable bonds is 6. The minimum atomic E-state index is -0.0692. The molecule has 2 aromatic carbocycles. The third-order valence-electron chi connectivity index (χ3n) is 7.37. The van der Waals surface area contributed by atoms with Crippen LogP contribution >= 0.6 is 0 Å². The summed E-state index contributed by atoms with van der Waals surface area (Å²) < 4.78 is 3.49. The number of fused-ring (bicyclic) bond motifs is 1. The molecule has 9 heteroatoms. The minimum Gasteiger partial charge on any atom is -0.369 e. The van der Waals surface area contributed by atoms with Gasteiger partial charge in [-0.3, -0.25) is 14.0 Å². The SMILES string of the molecule is CCn1c(=O)c(-c2ccc(-c3cnn(C)c3)cc2)cc2cnc(Nc3ccc(N4CCN(C)CC4)cc3)nc21. The van der Waals surface area contributed by atoms with Crippen LogP contribution < -0.4 is 15.8 Å². The molecular weight excluding hydrogens is 488 g/mol. The maximum Gasteiger partial charge on any atom is 0.260 e. The van der Waals surface area contributed by atoms with Crippen molar-refractivity contribution in [2.45, 2.75) is 13.5 Å². The number of nitrogens with zero attached hydrogens (tertiary/aromatic N) is 7. The highest BCUT2D eigenvalue weighted by Crippen LogP contribution is 2.26. The van der Waals surface area contributed by atoms with Gasteiger partial charge in [0.2, 0.25) is 5.95 Å². The standard InChI is InChI=1S/C30H32N8O/c1-4-38-28-23(17-27(29(38)39)22-7-5-21(6-8-22)24-19-32-36(3)20-24)18-31-30(34-28)33-25-9-11-26(12-10-25)37-15-13-35(2)14-16-37/h5-12,17-20H,4,13-16H2,1-3H3,(H,31,33,34). The van der Waals surface area contributed by atoms with Gasteiger partial charge in [0, 0.05) is 80.1 Å². The number of pyridine rings is 1. The van der Waals surface area contributed by atoms with Gasteiger partial charge in [-0.05, 0) is 55.4 Å². The number of aromatic nitrogens is 5. The summed E-state index contributed by atoms with van der Waals surface area (Å²) in [5.41, 5.74) is 6.25. The number of benzene rings is 2. The van der Waals surface area contributed by atoms with Crippen molar-refractivity contribution in [3.8, 4) is 22.3 Å². The lowest BCUT2D eigenvalue weighted by Crippen LogP contribution is -2.44. The molecule has 198 valence electrons. The first kappa shape index (κ1) is 24.8. The predicted molar refractivity (Wildman–Crippen MR) is 157 cm³/mol. The van der Waals surface area contributed by atoms with Crippen LogP contribution in [0.4, 0.5) is 17.3 Å². The summed E-state index contributed by atoms with van der Waals surface area (Å²) in [6, 6.07) is 18.2. The Labute approximate surface area is 227 Å². The van der Waals surface area contributed by atoms with Gasteiger partial charge in [-0.2, -0.15) is 10.1 Å². The molecule has 5 aromatic rings. The van der Waals surface area contributed by atoms with Crippen LogP contribution in [0, 0.1) is 0 Å². The number of aryl methyl sites for hydroxylation is 2. The maximum absolute atomic E-state index is 13.5. The molecule has 9 nitrogen and oxygen atoms in total. The molecule has 0 aliphatic carbocycles. The quantitative estimate of drug-likeness (QED) is 0.356. The van der Waals surface area contributed by atoms with Crippen molar-refractivity contribution in [2.24, 2.45) is 7.05 Å². The van der Waals surface area contributed by atoms with Gasteiger partial charge in [-0.1, -0.05) is 24.3 Å². The lowest BCUT2D eigenvalue weighted by Gasteiger charge is -2.34. The van der Waals surface area contributed by atoms with Gasteiger partial charge in [-0.15, -0.1) is 0 Å². The molecule has 1 N–H and O–H groups in total. The Hall–Kier alpha value is -4.50. The van der Waals surface area contributed by atoms with E-state index in [9.17, 15) is 4.79 Å². The van der Waals surface area contributed by atoms with Crippen molar-refractivity contribution >= 4 is 28.4 Å². The van der Waals surface area contributed by atoms with Crippen molar-refractivity contribution in [1.29, 1.82) is 0 Å². The largest absolute Gasteiger partial charge is 0.369 e. The van der Waals surface area contributed by atoms with E-state index in [-0.39, 0.29) is 5.56 Å². The van der Waals surface area contributed by atoms with E-state index in [2.05, 4.69) is 44.4 Å². The first-order chi connectivity index (χ1) is 19.0. The normalized spacial score (nSPS) is 14.2. The monoisotopic (exact) mass is 520 g/mol. The summed E-state index contributed by atoms with van der Waals surface area (Å²) in [6.45, 7) is 6.67. The molecule has 1 aliphatic heterocycles. The molecule has 0 spiro atoms. The molecule has 4 heterocycles. The van der Waals surface area contributed by atoms with Crippen molar-refractivity contribution in [3.63, 3.8) is 0 Å². The van der Waals surface area contributed by atoms with Crippen LogP contribution in [0.1, 0.15) is 6.92 Å². The highest BCUT2D eigenvalue weighted by Gasteiger charge is 2.15. The van der Waals surface area contributed by atoms with Crippen molar-refractivity contribution < 1.29 is 0 Å². The van der Waals surface area contributed by atoms with Crippen LogP contribution in [-0.2, 0) is 13.6 Å². The molecule has 1 fully saturated rings. The van der Waals surface area contributed by atoms with Crippen LogP contribution in [0.15, 0.2) is 78.0 Å². The van der Waals surface area contributed by atoms with Crippen LogP contribution in [-0.4, -0.2) is 62.4 Å². The molecule has 0 amide bonds. The molecule has 6 rings (SSSR count). The van der Waals surface area contributed by atoms with Gasteiger partial charge in [0.1, 0.15) is 5.65 Å². The van der Waals surface area contributed by atoms with Gasteiger partial charge in [-0.25, -0.2) is 4.98 Å². The number of nitrogens with one attached hydrogen (secondary N) is 1. The van der Waals surface area contributed by atoms with Gasteiger partial charge < -0.3 is 15.1 Å². The van der Waals surface area contributed by atoms with Gasteiger partial charge >= 0.3 is 0 Å². The summed E-state index contributed by atoms with van der Waals surface area (Å²) in [7, 11) is 4.06. The van der Waals surface area contributed by atoms with E-state index >= 15 is 0 Å². The second kappa shape index (κ2) is 10.3. The minimum absolute atomic E-state index is 0.0692. The first-order valence-corrected chi connectivity index (χ1v) is 13.3. The number of hydrogen-bond donors (Lipinski definition) is 1. The van der Waals surface area contributed by atoms with E-state index in [1.165, 1.54) is 5.69 Å². The van der Waals surface area contributed by atoms with Crippen molar-refractivity contribution in [2.75, 3.05) is 43.4 Å². The number of hydrogen-bond acceptors (Lipinski definition) is 7. The van der Waals surface area contributed by atoms with Crippen molar-refractivity contribution in [1.82, 2.24) is 29.2 Å². The average molecular weight is 521 g/mol. The Morgan fingerprint density at radius 1 is 0.872 bits per heavy atom. The van der Waals surface area contributed by atoms with E-state index in [1.807, 2.05) is 68.8 Å². The fourth-order valence-corrected chi connectivity index (χ4v) is 5.08. The second-order valence-corrected chi connectivity index (χ2v) is 10.0. The summed E-state index contributed by atoms with van der Waals surface area (Å²) in [4.78, 5) is 27.5. The fourth-order valence-electron chi connectivity index (χ4n) is 5.08. The van der Waals surface area contributed by atoms with Crippen LogP contribution in [0.5, 0.6) is 0 Å². The molecule has 0 saturated carbocycles. The van der Waals surface area contributed by atoms with E-state index in [4.69, 9.17) is 4.98 Å². The fraction of sp³-hybridized carbons (Fsp3) is 0.267. The molecular formula is C30H32N8O. The summed E-state index contributed by atoms with van der Waals surface area (Å²) in [5.74, 6) is 0.463. The molecule has 0 unspecified atom stereocenters. The Bertz CT molecular complexity index is 1660. The van der Waals surface area contributed by atoms with Crippen LogP contribution in [0.25, 0.3) is 33.3 Å². The predicted octanol–water partition coefficient (Wildman–Crippen LogP) is 4.37. The topological polar surface area (TPSA) is 84.1 Å². The van der Waals surface area contributed by atoms with E-state index < -0.39 is 0 Å². The highest BCUT2D eigenvalue weighted by molar-refractivity contribution is 5.82. The summed E-state index contributed by atoms with van der Waals surface area (Å²) in [5, 5.41) is 8.37. The Morgan fingerprint density at radius 3 is 2.26 bits per heavy atom. The average Bonchev–Trinajstić information content (AvgIpc) is 3.40. The molecule has 0 atom stereocenters.